The number of rotatable bonds is 3. The predicted octanol–water partition coefficient (Wildman–Crippen LogP) is 3.06. The molecule has 2 N–H and O–H groups in total. The second-order valence-electron chi connectivity index (χ2n) is 7.20. The van der Waals surface area contributed by atoms with E-state index in [0.717, 1.165) is 29.4 Å². The van der Waals surface area contributed by atoms with Crippen LogP contribution in [-0.2, 0) is 0 Å². The lowest BCUT2D eigenvalue weighted by molar-refractivity contribution is 0.0704. The zero-order valence-corrected chi connectivity index (χ0v) is 15.8. The molecule has 1 fully saturated rings. The zero-order valence-electron chi connectivity index (χ0n) is 15.8. The van der Waals surface area contributed by atoms with Gasteiger partial charge in [0.15, 0.2) is 0 Å². The number of aryl methyl sites for hydroxylation is 1. The minimum atomic E-state index is -0.486. The van der Waals surface area contributed by atoms with Crippen molar-refractivity contribution in [3.05, 3.63) is 71.2 Å². The fraction of sp³-hybridized carbons (Fsp3) is 0.273. The molecule has 4 rings (SSSR count). The fourth-order valence-electron chi connectivity index (χ4n) is 3.90. The van der Waals surface area contributed by atoms with E-state index in [1.54, 1.807) is 18.3 Å². The monoisotopic (exact) mass is 374 g/mol. The minimum absolute atomic E-state index is 0.0261. The van der Waals surface area contributed by atoms with E-state index in [0.29, 0.717) is 29.9 Å². The number of carbonyl (C=O) groups excluding carboxylic acids is 2. The molecule has 1 aliphatic heterocycles. The van der Waals surface area contributed by atoms with E-state index in [1.807, 2.05) is 42.2 Å². The summed E-state index contributed by atoms with van der Waals surface area (Å²) in [6.45, 7) is 3.03. The molecule has 0 radical (unpaired) electrons. The quantitative estimate of drug-likeness (QED) is 0.763. The number of amides is 2. The smallest absolute Gasteiger partial charge is 0.255 e. The lowest BCUT2D eigenvalue weighted by Gasteiger charge is -2.33. The first kappa shape index (κ1) is 18.1. The number of benzene rings is 1. The molecule has 1 aromatic carbocycles. The molecular weight excluding hydrogens is 352 g/mol. The average Bonchev–Trinajstić information content (AvgIpc) is 2.72. The van der Waals surface area contributed by atoms with E-state index in [4.69, 9.17) is 10.7 Å². The Morgan fingerprint density at radius 2 is 1.96 bits per heavy atom. The lowest BCUT2D eigenvalue weighted by atomic mass is 9.90. The van der Waals surface area contributed by atoms with E-state index in [1.165, 1.54) is 0 Å². The normalized spacial score (nSPS) is 16.9. The number of pyridine rings is 2. The molecule has 3 heterocycles. The van der Waals surface area contributed by atoms with E-state index >= 15 is 0 Å². The van der Waals surface area contributed by atoms with E-state index < -0.39 is 5.91 Å². The maximum atomic E-state index is 13.0. The number of primary amides is 1. The highest BCUT2D eigenvalue weighted by molar-refractivity contribution is 5.98. The van der Waals surface area contributed by atoms with Gasteiger partial charge in [-0.1, -0.05) is 18.2 Å². The Kier molecular flexibility index (Phi) is 4.77. The van der Waals surface area contributed by atoms with Gasteiger partial charge in [-0.2, -0.15) is 0 Å². The number of fused-ring (bicyclic) bond motifs is 1. The Balaban J connectivity index is 1.68. The molecule has 0 spiro atoms. The van der Waals surface area contributed by atoms with Crippen molar-refractivity contribution in [3.8, 4) is 0 Å². The number of likely N-dealkylation sites (tertiary alicyclic amines) is 1. The summed E-state index contributed by atoms with van der Waals surface area (Å²) in [4.78, 5) is 35.9. The maximum Gasteiger partial charge on any atom is 0.255 e. The van der Waals surface area contributed by atoms with Gasteiger partial charge in [0.2, 0.25) is 0 Å². The molecule has 0 unspecified atom stereocenters. The van der Waals surface area contributed by atoms with Gasteiger partial charge in [0, 0.05) is 36.3 Å². The summed E-state index contributed by atoms with van der Waals surface area (Å²) in [6.07, 6.45) is 3.40. The SMILES string of the molecule is Cc1ncccc1C(=O)N1CCC[C@@H](c2nc3ccccc3cc2C(N)=O)C1. The van der Waals surface area contributed by atoms with Crippen molar-refractivity contribution in [2.45, 2.75) is 25.7 Å². The van der Waals surface area contributed by atoms with Gasteiger partial charge in [-0.25, -0.2) is 0 Å². The molecule has 0 bridgehead atoms. The largest absolute Gasteiger partial charge is 0.366 e. The molecule has 2 aromatic heterocycles. The molecule has 142 valence electrons. The summed E-state index contributed by atoms with van der Waals surface area (Å²) in [5.41, 5.74) is 8.94. The molecule has 6 nitrogen and oxygen atoms in total. The Bertz CT molecular complexity index is 1060. The summed E-state index contributed by atoms with van der Waals surface area (Å²) >= 11 is 0. The number of nitrogens with zero attached hydrogens (tertiary/aromatic N) is 3. The molecule has 3 aromatic rings. The number of para-hydroxylation sites is 1. The highest BCUT2D eigenvalue weighted by Crippen LogP contribution is 2.30. The second kappa shape index (κ2) is 7.38. The van der Waals surface area contributed by atoms with E-state index in [9.17, 15) is 9.59 Å². The van der Waals surface area contributed by atoms with Crippen molar-refractivity contribution >= 4 is 22.7 Å². The highest BCUT2D eigenvalue weighted by Gasteiger charge is 2.29. The molecule has 28 heavy (non-hydrogen) atoms. The van der Waals surface area contributed by atoms with Crippen molar-refractivity contribution in [1.29, 1.82) is 0 Å². The third kappa shape index (κ3) is 3.33. The standard InChI is InChI=1S/C22H22N4O2/c1-14-17(8-4-10-24-14)22(28)26-11-5-7-16(13-26)20-18(21(23)27)12-15-6-2-3-9-19(15)25-20/h2-4,6,8-10,12,16H,5,7,11,13H2,1H3,(H2,23,27)/t16-/m1/s1. The van der Waals surface area contributed by atoms with Gasteiger partial charge >= 0.3 is 0 Å². The summed E-state index contributed by atoms with van der Waals surface area (Å²) in [7, 11) is 0. The first-order valence-corrected chi connectivity index (χ1v) is 9.45. The van der Waals surface area contributed by atoms with Crippen LogP contribution in [0.5, 0.6) is 0 Å². The molecule has 1 saturated heterocycles. The van der Waals surface area contributed by atoms with Crippen LogP contribution < -0.4 is 5.73 Å². The molecule has 1 aliphatic rings. The van der Waals surface area contributed by atoms with Gasteiger partial charge in [0.05, 0.1) is 22.3 Å². The van der Waals surface area contributed by atoms with Gasteiger partial charge in [-0.15, -0.1) is 0 Å². The van der Waals surface area contributed by atoms with Gasteiger partial charge in [-0.05, 0) is 44.0 Å². The van der Waals surface area contributed by atoms with Crippen LogP contribution in [-0.4, -0.2) is 39.8 Å². The molecule has 1 atom stereocenters. The van der Waals surface area contributed by atoms with Crippen molar-refractivity contribution in [3.63, 3.8) is 0 Å². The summed E-state index contributed by atoms with van der Waals surface area (Å²) in [6, 6.07) is 13.1. The minimum Gasteiger partial charge on any atom is -0.366 e. The van der Waals surface area contributed by atoms with Gasteiger partial charge in [0.25, 0.3) is 11.8 Å². The third-order valence-corrected chi connectivity index (χ3v) is 5.35. The predicted molar refractivity (Wildman–Crippen MR) is 107 cm³/mol. The highest BCUT2D eigenvalue weighted by atomic mass is 16.2. The van der Waals surface area contributed by atoms with Crippen LogP contribution in [0.25, 0.3) is 10.9 Å². The van der Waals surface area contributed by atoms with Crippen molar-refractivity contribution in [1.82, 2.24) is 14.9 Å². The number of hydrogen-bond acceptors (Lipinski definition) is 4. The van der Waals surface area contributed by atoms with Gasteiger partial charge in [0.1, 0.15) is 0 Å². The molecule has 6 heteroatoms. The third-order valence-electron chi connectivity index (χ3n) is 5.35. The van der Waals surface area contributed by atoms with Crippen molar-refractivity contribution in [2.24, 2.45) is 5.73 Å². The van der Waals surface area contributed by atoms with Crippen LogP contribution in [0.3, 0.4) is 0 Å². The summed E-state index contributed by atoms with van der Waals surface area (Å²) < 4.78 is 0. The van der Waals surface area contributed by atoms with Gasteiger partial charge < -0.3 is 10.6 Å². The number of carbonyl (C=O) groups is 2. The maximum absolute atomic E-state index is 13.0. The van der Waals surface area contributed by atoms with E-state index in [2.05, 4.69) is 4.98 Å². The van der Waals surface area contributed by atoms with Crippen LogP contribution >= 0.6 is 0 Å². The molecule has 2 amide bonds. The molecule has 0 saturated carbocycles. The van der Waals surface area contributed by atoms with Crippen LogP contribution in [0, 0.1) is 6.92 Å². The number of hydrogen-bond donors (Lipinski definition) is 1. The zero-order chi connectivity index (χ0) is 19.7. The average molecular weight is 374 g/mol. The Morgan fingerprint density at radius 3 is 2.75 bits per heavy atom. The van der Waals surface area contributed by atoms with Crippen molar-refractivity contribution in [2.75, 3.05) is 13.1 Å². The van der Waals surface area contributed by atoms with Crippen LogP contribution in [0.2, 0.25) is 0 Å². The van der Waals surface area contributed by atoms with Crippen LogP contribution in [0.15, 0.2) is 48.7 Å². The molecule has 0 aliphatic carbocycles. The summed E-state index contributed by atoms with van der Waals surface area (Å²) in [5, 5.41) is 0.884. The second-order valence-corrected chi connectivity index (χ2v) is 7.20. The fourth-order valence-corrected chi connectivity index (χ4v) is 3.90. The van der Waals surface area contributed by atoms with Gasteiger partial charge in [-0.3, -0.25) is 19.6 Å². The van der Waals surface area contributed by atoms with Crippen LogP contribution in [0.1, 0.15) is 50.9 Å². The Morgan fingerprint density at radius 1 is 1.14 bits per heavy atom. The Hall–Kier alpha value is -3.28. The first-order chi connectivity index (χ1) is 13.5. The summed E-state index contributed by atoms with van der Waals surface area (Å²) in [5.74, 6) is -0.543. The van der Waals surface area contributed by atoms with E-state index in [-0.39, 0.29) is 11.8 Å². The topological polar surface area (TPSA) is 89.2 Å². The first-order valence-electron chi connectivity index (χ1n) is 9.45. The van der Waals surface area contributed by atoms with Crippen LogP contribution in [0.4, 0.5) is 0 Å². The number of piperidine rings is 1. The number of nitrogens with two attached hydrogens (primary N) is 1. The number of aromatic nitrogens is 2. The lowest BCUT2D eigenvalue weighted by Crippen LogP contribution is -2.40. The molecular formula is C22H22N4O2. The Labute approximate surface area is 163 Å². The van der Waals surface area contributed by atoms with Crippen molar-refractivity contribution < 1.29 is 9.59 Å².